The van der Waals surface area contributed by atoms with Crippen molar-refractivity contribution in [3.8, 4) is 0 Å². The maximum atomic E-state index is 12.1. The molecule has 0 aliphatic rings. The Morgan fingerprint density at radius 1 is 0.654 bits per heavy atom. The molecule has 2 N–H and O–H groups in total. The highest BCUT2D eigenvalue weighted by atomic mass is 16.2. The molecule has 130 valence electrons. The van der Waals surface area contributed by atoms with Crippen LogP contribution in [0.2, 0.25) is 0 Å². The van der Waals surface area contributed by atoms with E-state index < -0.39 is 0 Å². The summed E-state index contributed by atoms with van der Waals surface area (Å²) in [5.41, 5.74) is 6.91. The van der Waals surface area contributed by atoms with Crippen LogP contribution < -0.4 is 10.9 Å². The molecule has 2 aromatic carbocycles. The number of hydrazine groups is 1. The van der Waals surface area contributed by atoms with E-state index in [9.17, 15) is 9.59 Å². The molecule has 6 heteroatoms. The Hall–Kier alpha value is -3.54. The number of benzene rings is 2. The smallest absolute Gasteiger partial charge is 0.258 e. The number of para-hydroxylation sites is 2. The number of amides is 2. The lowest BCUT2D eigenvalue weighted by Gasteiger charge is -2.10. The second-order valence-electron chi connectivity index (χ2n) is 6.10. The van der Waals surface area contributed by atoms with Gasteiger partial charge in [0.2, 0.25) is 0 Å². The second-order valence-corrected chi connectivity index (χ2v) is 6.10. The van der Waals surface area contributed by atoms with Gasteiger partial charge < -0.3 is 9.13 Å². The van der Waals surface area contributed by atoms with Gasteiger partial charge in [-0.15, -0.1) is 0 Å². The summed E-state index contributed by atoms with van der Waals surface area (Å²) >= 11 is 0. The summed E-state index contributed by atoms with van der Waals surface area (Å²) in [5, 5.41) is 2.15. The molecule has 0 atom stereocenters. The average molecular weight is 346 g/mol. The Morgan fingerprint density at radius 3 is 1.54 bits per heavy atom. The van der Waals surface area contributed by atoms with E-state index in [1.54, 1.807) is 0 Å². The van der Waals surface area contributed by atoms with E-state index >= 15 is 0 Å². The number of carbonyl (C=O) groups is 2. The number of rotatable bonds is 4. The molecule has 0 saturated heterocycles. The number of fused-ring (bicyclic) bond motifs is 2. The normalized spacial score (nSPS) is 10.9. The molecular formula is C20H18N4O2. The van der Waals surface area contributed by atoms with E-state index in [-0.39, 0.29) is 24.9 Å². The van der Waals surface area contributed by atoms with Crippen molar-refractivity contribution in [1.29, 1.82) is 0 Å². The van der Waals surface area contributed by atoms with Crippen LogP contribution in [0.25, 0.3) is 21.8 Å². The van der Waals surface area contributed by atoms with E-state index in [1.807, 2.05) is 82.2 Å². The van der Waals surface area contributed by atoms with Crippen LogP contribution in [0.15, 0.2) is 73.1 Å². The van der Waals surface area contributed by atoms with Crippen molar-refractivity contribution in [2.24, 2.45) is 0 Å². The van der Waals surface area contributed by atoms with Gasteiger partial charge in [-0.25, -0.2) is 0 Å². The maximum Gasteiger partial charge on any atom is 0.258 e. The van der Waals surface area contributed by atoms with Gasteiger partial charge in [0.15, 0.2) is 0 Å². The quantitative estimate of drug-likeness (QED) is 0.557. The van der Waals surface area contributed by atoms with Crippen molar-refractivity contribution in [3.05, 3.63) is 73.1 Å². The predicted octanol–water partition coefficient (Wildman–Crippen LogP) is 2.44. The molecule has 0 saturated carbocycles. The van der Waals surface area contributed by atoms with Gasteiger partial charge in [0.1, 0.15) is 13.1 Å². The van der Waals surface area contributed by atoms with E-state index in [0.29, 0.717) is 0 Å². The van der Waals surface area contributed by atoms with Crippen molar-refractivity contribution in [1.82, 2.24) is 20.0 Å². The third-order valence-electron chi connectivity index (χ3n) is 4.33. The predicted molar refractivity (Wildman–Crippen MR) is 100 cm³/mol. The molecule has 0 bridgehead atoms. The fourth-order valence-electron chi connectivity index (χ4n) is 3.08. The molecule has 0 fully saturated rings. The zero-order valence-electron chi connectivity index (χ0n) is 14.1. The standard InChI is InChI=1S/C20H18N4O2/c25-19(13-23-11-9-15-5-1-3-7-17(15)23)21-22-20(26)14-24-12-10-16-6-2-4-8-18(16)24/h1-12H,13-14H2,(H,21,25)(H,22,26). The van der Waals surface area contributed by atoms with E-state index in [2.05, 4.69) is 10.9 Å². The molecule has 2 aromatic heterocycles. The topological polar surface area (TPSA) is 68.1 Å². The van der Waals surface area contributed by atoms with Crippen LogP contribution in [0, 0.1) is 0 Å². The summed E-state index contributed by atoms with van der Waals surface area (Å²) < 4.78 is 3.69. The minimum absolute atomic E-state index is 0.139. The number of hydrogen-bond acceptors (Lipinski definition) is 2. The zero-order chi connectivity index (χ0) is 17.9. The number of carbonyl (C=O) groups excluding carboxylic acids is 2. The first-order valence-electron chi connectivity index (χ1n) is 8.36. The lowest BCUT2D eigenvalue weighted by Crippen LogP contribution is -2.44. The first kappa shape index (κ1) is 16.0. The summed E-state index contributed by atoms with van der Waals surface area (Å²) in [5.74, 6) is -0.561. The molecular weight excluding hydrogens is 328 g/mol. The number of aromatic nitrogens is 2. The van der Waals surface area contributed by atoms with Crippen LogP contribution in [0.4, 0.5) is 0 Å². The largest absolute Gasteiger partial charge is 0.338 e. The third-order valence-corrected chi connectivity index (χ3v) is 4.33. The molecule has 4 aromatic rings. The Kier molecular flexibility index (Phi) is 4.15. The van der Waals surface area contributed by atoms with E-state index in [0.717, 1.165) is 21.8 Å². The van der Waals surface area contributed by atoms with Gasteiger partial charge in [-0.05, 0) is 35.0 Å². The Bertz CT molecular complexity index is 1010. The molecule has 2 amide bonds. The summed E-state index contributed by atoms with van der Waals surface area (Å²) in [6.07, 6.45) is 3.72. The molecule has 0 spiro atoms. The highest BCUT2D eigenvalue weighted by Crippen LogP contribution is 2.15. The molecule has 2 heterocycles. The lowest BCUT2D eigenvalue weighted by atomic mass is 10.2. The fraction of sp³-hybridized carbons (Fsp3) is 0.100. The van der Waals surface area contributed by atoms with Gasteiger partial charge >= 0.3 is 0 Å². The fourth-order valence-corrected chi connectivity index (χ4v) is 3.08. The second kappa shape index (κ2) is 6.76. The van der Waals surface area contributed by atoms with Gasteiger partial charge in [0, 0.05) is 23.4 Å². The molecule has 26 heavy (non-hydrogen) atoms. The van der Waals surface area contributed by atoms with Crippen molar-refractivity contribution in [3.63, 3.8) is 0 Å². The first-order chi connectivity index (χ1) is 12.7. The minimum Gasteiger partial charge on any atom is -0.338 e. The average Bonchev–Trinajstić information content (AvgIpc) is 3.25. The Labute approximate surface area is 150 Å². The highest BCUT2D eigenvalue weighted by molar-refractivity contribution is 5.86. The molecule has 0 aliphatic carbocycles. The van der Waals surface area contributed by atoms with Crippen molar-refractivity contribution in [2.75, 3.05) is 0 Å². The van der Waals surface area contributed by atoms with E-state index in [4.69, 9.17) is 0 Å². The highest BCUT2D eigenvalue weighted by Gasteiger charge is 2.09. The number of hydrogen-bond donors (Lipinski definition) is 2. The third kappa shape index (κ3) is 3.17. The van der Waals surface area contributed by atoms with Crippen LogP contribution in [0.1, 0.15) is 0 Å². The van der Waals surface area contributed by atoms with Crippen LogP contribution in [-0.2, 0) is 22.7 Å². The van der Waals surface area contributed by atoms with Crippen molar-refractivity contribution in [2.45, 2.75) is 13.1 Å². The van der Waals surface area contributed by atoms with Gasteiger partial charge in [0.05, 0.1) is 0 Å². The van der Waals surface area contributed by atoms with Crippen LogP contribution >= 0.6 is 0 Å². The summed E-state index contributed by atoms with van der Waals surface area (Å²) in [6, 6.07) is 19.6. The molecule has 6 nitrogen and oxygen atoms in total. The number of nitrogens with one attached hydrogen (secondary N) is 2. The molecule has 0 radical (unpaired) electrons. The molecule has 0 aliphatic heterocycles. The minimum atomic E-state index is -0.280. The van der Waals surface area contributed by atoms with E-state index in [1.165, 1.54) is 0 Å². The Balaban J connectivity index is 1.34. The SMILES string of the molecule is O=C(Cn1ccc2ccccc21)NNC(=O)Cn1ccc2ccccc21. The Morgan fingerprint density at radius 2 is 1.08 bits per heavy atom. The lowest BCUT2D eigenvalue weighted by molar-refractivity contribution is -0.129. The zero-order valence-corrected chi connectivity index (χ0v) is 14.1. The van der Waals surface area contributed by atoms with Gasteiger partial charge in [-0.1, -0.05) is 36.4 Å². The van der Waals surface area contributed by atoms with Gasteiger partial charge in [-0.3, -0.25) is 20.4 Å². The monoisotopic (exact) mass is 346 g/mol. The van der Waals surface area contributed by atoms with Crippen LogP contribution in [-0.4, -0.2) is 20.9 Å². The summed E-state index contributed by atoms with van der Waals surface area (Å²) in [6.45, 7) is 0.278. The molecule has 4 rings (SSSR count). The first-order valence-corrected chi connectivity index (χ1v) is 8.36. The maximum absolute atomic E-state index is 12.1. The van der Waals surface area contributed by atoms with Crippen LogP contribution in [0.5, 0.6) is 0 Å². The summed E-state index contributed by atoms with van der Waals surface area (Å²) in [7, 11) is 0. The molecule has 0 unspecified atom stereocenters. The number of nitrogens with zero attached hydrogens (tertiary/aromatic N) is 2. The van der Waals surface area contributed by atoms with Gasteiger partial charge in [0.25, 0.3) is 11.8 Å². The summed E-state index contributed by atoms with van der Waals surface area (Å²) in [4.78, 5) is 24.2. The van der Waals surface area contributed by atoms with Crippen molar-refractivity contribution < 1.29 is 9.59 Å². The van der Waals surface area contributed by atoms with Gasteiger partial charge in [-0.2, -0.15) is 0 Å². The van der Waals surface area contributed by atoms with Crippen LogP contribution in [0.3, 0.4) is 0 Å². The van der Waals surface area contributed by atoms with Crippen molar-refractivity contribution >= 4 is 33.6 Å².